The summed E-state index contributed by atoms with van der Waals surface area (Å²) in [4.78, 5) is 11.0. The van der Waals surface area contributed by atoms with E-state index < -0.39 is 0 Å². The van der Waals surface area contributed by atoms with E-state index in [0.717, 1.165) is 16.8 Å². The van der Waals surface area contributed by atoms with Gasteiger partial charge in [-0.05, 0) is 17.2 Å². The number of nitrogens with one attached hydrogen (secondary N) is 1. The molecule has 1 aliphatic rings. The highest BCUT2D eigenvalue weighted by Crippen LogP contribution is 2.26. The van der Waals surface area contributed by atoms with Crippen LogP contribution in [0.1, 0.15) is 11.1 Å². The van der Waals surface area contributed by atoms with E-state index in [4.69, 9.17) is 0 Å². The fraction of sp³-hybridized carbons (Fsp3) is 0.100. The molecule has 2 heteroatoms. The topological polar surface area (TPSA) is 29.1 Å². The first-order valence-corrected chi connectivity index (χ1v) is 3.85. The molecule has 1 aliphatic heterocycles. The minimum Gasteiger partial charge on any atom is -0.326 e. The highest BCUT2D eigenvalue weighted by atomic mass is 16.1. The van der Waals surface area contributed by atoms with Crippen molar-refractivity contribution in [1.29, 1.82) is 0 Å². The molecule has 2 nitrogen and oxygen atoms in total. The van der Waals surface area contributed by atoms with Crippen LogP contribution in [0.2, 0.25) is 0 Å². The van der Waals surface area contributed by atoms with Crippen LogP contribution in [-0.4, -0.2) is 5.91 Å². The number of anilines is 1. The summed E-state index contributed by atoms with van der Waals surface area (Å²) < 4.78 is 0. The van der Waals surface area contributed by atoms with Crippen molar-refractivity contribution < 1.29 is 4.79 Å². The molecular weight excluding hydrogens is 150 g/mol. The number of carbonyl (C=O) groups excluding carboxylic acids is 1. The van der Waals surface area contributed by atoms with E-state index in [1.165, 1.54) is 0 Å². The lowest BCUT2D eigenvalue weighted by Crippen LogP contribution is -2.03. The summed E-state index contributed by atoms with van der Waals surface area (Å²) >= 11 is 0. The highest BCUT2D eigenvalue weighted by molar-refractivity contribution is 6.00. The first-order valence-electron chi connectivity index (χ1n) is 3.85. The number of carbonyl (C=O) groups is 1. The SMILES string of the molecule is C=Cc1cccc2c1CC(=O)N2. The Morgan fingerprint density at radius 3 is 3.08 bits per heavy atom. The second-order valence-electron chi connectivity index (χ2n) is 2.80. The Balaban J connectivity index is 2.58. The second kappa shape index (κ2) is 2.48. The molecule has 0 bridgehead atoms. The normalized spacial score (nSPS) is 13.8. The predicted octanol–water partition coefficient (Wildman–Crippen LogP) is 1.82. The number of hydrogen-bond donors (Lipinski definition) is 1. The van der Waals surface area contributed by atoms with Crippen LogP contribution in [-0.2, 0) is 11.2 Å². The third-order valence-corrected chi connectivity index (χ3v) is 2.04. The largest absolute Gasteiger partial charge is 0.326 e. The lowest BCUT2D eigenvalue weighted by atomic mass is 10.1. The van der Waals surface area contributed by atoms with Crippen LogP contribution in [0.25, 0.3) is 6.08 Å². The Morgan fingerprint density at radius 2 is 2.33 bits per heavy atom. The summed E-state index contributed by atoms with van der Waals surface area (Å²) in [5, 5.41) is 2.79. The van der Waals surface area contributed by atoms with E-state index in [0.29, 0.717) is 6.42 Å². The van der Waals surface area contributed by atoms with Crippen LogP contribution in [0.15, 0.2) is 24.8 Å². The first kappa shape index (κ1) is 7.10. The van der Waals surface area contributed by atoms with Crippen LogP contribution in [0.3, 0.4) is 0 Å². The van der Waals surface area contributed by atoms with Gasteiger partial charge in [0, 0.05) is 5.69 Å². The van der Waals surface area contributed by atoms with Gasteiger partial charge in [0.2, 0.25) is 5.91 Å². The van der Waals surface area contributed by atoms with Gasteiger partial charge in [0.05, 0.1) is 6.42 Å². The summed E-state index contributed by atoms with van der Waals surface area (Å²) in [6, 6.07) is 5.79. The summed E-state index contributed by atoms with van der Waals surface area (Å²) in [7, 11) is 0. The molecule has 0 atom stereocenters. The van der Waals surface area contributed by atoms with E-state index in [-0.39, 0.29) is 5.91 Å². The van der Waals surface area contributed by atoms with Gasteiger partial charge in [-0.2, -0.15) is 0 Å². The van der Waals surface area contributed by atoms with Crippen LogP contribution >= 0.6 is 0 Å². The molecule has 1 aromatic carbocycles. The van der Waals surface area contributed by atoms with Gasteiger partial charge < -0.3 is 5.32 Å². The van der Waals surface area contributed by atoms with Gasteiger partial charge in [0.25, 0.3) is 0 Å². The second-order valence-corrected chi connectivity index (χ2v) is 2.80. The van der Waals surface area contributed by atoms with Crippen LogP contribution in [0.4, 0.5) is 5.69 Å². The van der Waals surface area contributed by atoms with Crippen molar-refractivity contribution in [2.45, 2.75) is 6.42 Å². The molecule has 0 spiro atoms. The summed E-state index contributed by atoms with van der Waals surface area (Å²) in [6.07, 6.45) is 2.26. The molecule has 0 aliphatic carbocycles. The standard InChI is InChI=1S/C10H9NO/c1-2-7-4-3-5-9-8(7)6-10(12)11-9/h2-5H,1,6H2,(H,11,12). The number of rotatable bonds is 1. The quantitative estimate of drug-likeness (QED) is 0.665. The molecule has 60 valence electrons. The summed E-state index contributed by atoms with van der Waals surface area (Å²) in [5.41, 5.74) is 3.04. The Bertz CT molecular complexity index is 355. The minimum atomic E-state index is 0.0688. The molecule has 0 saturated carbocycles. The Labute approximate surface area is 70.9 Å². The maximum absolute atomic E-state index is 11.0. The third-order valence-electron chi connectivity index (χ3n) is 2.04. The average molecular weight is 159 g/mol. The molecule has 1 aromatic rings. The maximum atomic E-state index is 11.0. The van der Waals surface area contributed by atoms with Gasteiger partial charge in [-0.3, -0.25) is 4.79 Å². The molecule has 0 fully saturated rings. The van der Waals surface area contributed by atoms with Gasteiger partial charge in [0.15, 0.2) is 0 Å². The molecule has 0 radical (unpaired) electrons. The Hall–Kier alpha value is -1.57. The van der Waals surface area contributed by atoms with E-state index in [2.05, 4.69) is 11.9 Å². The zero-order valence-corrected chi connectivity index (χ0v) is 6.63. The zero-order chi connectivity index (χ0) is 8.55. The number of fused-ring (bicyclic) bond motifs is 1. The van der Waals surface area contributed by atoms with Gasteiger partial charge in [-0.1, -0.05) is 24.8 Å². The number of amides is 1. The molecule has 2 rings (SSSR count). The molecule has 1 amide bonds. The molecule has 0 aromatic heterocycles. The molecule has 1 heterocycles. The summed E-state index contributed by atoms with van der Waals surface area (Å²) in [5.74, 6) is 0.0688. The van der Waals surface area contributed by atoms with Gasteiger partial charge >= 0.3 is 0 Å². The van der Waals surface area contributed by atoms with Crippen molar-refractivity contribution in [3.05, 3.63) is 35.9 Å². The van der Waals surface area contributed by atoms with Crippen molar-refractivity contribution in [1.82, 2.24) is 0 Å². The molecule has 1 N–H and O–H groups in total. The predicted molar refractivity (Wildman–Crippen MR) is 48.9 cm³/mol. The van der Waals surface area contributed by atoms with Crippen LogP contribution in [0, 0.1) is 0 Å². The molecule has 0 unspecified atom stereocenters. The summed E-state index contributed by atoms with van der Waals surface area (Å²) in [6.45, 7) is 3.69. The minimum absolute atomic E-state index is 0.0688. The Morgan fingerprint density at radius 1 is 1.50 bits per heavy atom. The number of benzene rings is 1. The zero-order valence-electron chi connectivity index (χ0n) is 6.63. The fourth-order valence-corrected chi connectivity index (χ4v) is 1.47. The van der Waals surface area contributed by atoms with Crippen LogP contribution < -0.4 is 5.32 Å². The van der Waals surface area contributed by atoms with Gasteiger partial charge in [-0.15, -0.1) is 0 Å². The molecular formula is C10H9NO. The van der Waals surface area contributed by atoms with Crippen molar-refractivity contribution in [2.24, 2.45) is 0 Å². The lowest BCUT2D eigenvalue weighted by Gasteiger charge is -2.00. The monoisotopic (exact) mass is 159 g/mol. The fourth-order valence-electron chi connectivity index (χ4n) is 1.47. The van der Waals surface area contributed by atoms with Crippen molar-refractivity contribution in [3.63, 3.8) is 0 Å². The van der Waals surface area contributed by atoms with Crippen molar-refractivity contribution in [3.8, 4) is 0 Å². The lowest BCUT2D eigenvalue weighted by molar-refractivity contribution is -0.115. The molecule has 0 saturated heterocycles. The van der Waals surface area contributed by atoms with E-state index in [1.54, 1.807) is 6.08 Å². The maximum Gasteiger partial charge on any atom is 0.228 e. The van der Waals surface area contributed by atoms with E-state index in [1.807, 2.05) is 18.2 Å². The number of hydrogen-bond acceptors (Lipinski definition) is 1. The van der Waals surface area contributed by atoms with Crippen LogP contribution in [0.5, 0.6) is 0 Å². The smallest absolute Gasteiger partial charge is 0.228 e. The van der Waals surface area contributed by atoms with Crippen molar-refractivity contribution >= 4 is 17.7 Å². The first-order chi connectivity index (χ1) is 5.81. The Kier molecular flexibility index (Phi) is 1.47. The highest BCUT2D eigenvalue weighted by Gasteiger charge is 2.18. The van der Waals surface area contributed by atoms with Gasteiger partial charge in [0.1, 0.15) is 0 Å². The van der Waals surface area contributed by atoms with Gasteiger partial charge in [-0.25, -0.2) is 0 Å². The third kappa shape index (κ3) is 0.925. The van der Waals surface area contributed by atoms with E-state index >= 15 is 0 Å². The average Bonchev–Trinajstić information content (AvgIpc) is 2.44. The molecule has 12 heavy (non-hydrogen) atoms. The van der Waals surface area contributed by atoms with E-state index in [9.17, 15) is 4.79 Å². The van der Waals surface area contributed by atoms with Crippen molar-refractivity contribution in [2.75, 3.05) is 5.32 Å².